The summed E-state index contributed by atoms with van der Waals surface area (Å²) in [5, 5.41) is 16.1. The lowest BCUT2D eigenvalue weighted by atomic mass is 10.1. The fourth-order valence-corrected chi connectivity index (χ4v) is 1.91. The molecule has 2 aromatic rings. The molecule has 4 N–H and O–H groups in total. The first-order valence-electron chi connectivity index (χ1n) is 6.04. The van der Waals surface area contributed by atoms with Gasteiger partial charge in [0.2, 0.25) is 0 Å². The van der Waals surface area contributed by atoms with Crippen molar-refractivity contribution in [3.8, 4) is 0 Å². The Balaban J connectivity index is 2.42. The number of nitrogens with one attached hydrogen (secondary N) is 1. The van der Waals surface area contributed by atoms with Crippen molar-refractivity contribution in [2.24, 2.45) is 7.05 Å². The molecular formula is C13H15FN4O2. The second kappa shape index (κ2) is 5.20. The molecule has 0 aliphatic rings. The van der Waals surface area contributed by atoms with Crippen molar-refractivity contribution in [2.45, 2.75) is 13.3 Å². The van der Waals surface area contributed by atoms with Crippen LogP contribution in [0.15, 0.2) is 18.3 Å². The molecule has 0 fully saturated rings. The Kier molecular flexibility index (Phi) is 3.60. The molecule has 0 radical (unpaired) electrons. The van der Waals surface area contributed by atoms with Crippen LogP contribution in [0.1, 0.15) is 23.0 Å². The molecule has 0 saturated carbocycles. The summed E-state index contributed by atoms with van der Waals surface area (Å²) in [6.45, 7) is 1.93. The highest BCUT2D eigenvalue weighted by Gasteiger charge is 2.15. The molecule has 20 heavy (non-hydrogen) atoms. The van der Waals surface area contributed by atoms with Gasteiger partial charge < -0.3 is 16.2 Å². The summed E-state index contributed by atoms with van der Waals surface area (Å²) in [6.07, 6.45) is 2.38. The fraction of sp³-hybridized carbons (Fsp3) is 0.231. The molecule has 0 saturated heterocycles. The first kappa shape index (κ1) is 13.9. The number of halogens is 1. The van der Waals surface area contributed by atoms with Crippen LogP contribution in [0, 0.1) is 5.82 Å². The van der Waals surface area contributed by atoms with E-state index in [9.17, 15) is 9.18 Å². The summed E-state index contributed by atoms with van der Waals surface area (Å²) in [4.78, 5) is 11.0. The second-order valence-electron chi connectivity index (χ2n) is 4.37. The van der Waals surface area contributed by atoms with Crippen molar-refractivity contribution in [2.75, 3.05) is 11.1 Å². The zero-order valence-corrected chi connectivity index (χ0v) is 11.1. The number of hydrogen-bond acceptors (Lipinski definition) is 4. The Morgan fingerprint density at radius 1 is 1.50 bits per heavy atom. The van der Waals surface area contributed by atoms with E-state index >= 15 is 0 Å². The number of aryl methyl sites for hydroxylation is 2. The predicted octanol–water partition coefficient (Wildman–Crippen LogP) is 2.15. The van der Waals surface area contributed by atoms with Crippen LogP contribution < -0.4 is 11.1 Å². The largest absolute Gasteiger partial charge is 0.478 e. The molecule has 1 aromatic carbocycles. The number of benzene rings is 1. The standard InChI is InChI=1S/C13H15FN4O2/c1-3-10-12(6-18(2)17-10)16-11-4-7(13(19)20)9(15)5-8(11)14/h4-6,16H,3,15H2,1-2H3,(H,19,20). The highest BCUT2D eigenvalue weighted by molar-refractivity contribution is 5.95. The van der Waals surface area contributed by atoms with Crippen LogP contribution in [0.4, 0.5) is 21.5 Å². The zero-order chi connectivity index (χ0) is 14.9. The van der Waals surface area contributed by atoms with E-state index < -0.39 is 11.8 Å². The van der Waals surface area contributed by atoms with Crippen LogP contribution in [0.3, 0.4) is 0 Å². The van der Waals surface area contributed by atoms with Crippen molar-refractivity contribution in [1.29, 1.82) is 0 Å². The van der Waals surface area contributed by atoms with E-state index in [1.54, 1.807) is 17.9 Å². The molecule has 2 rings (SSSR count). The van der Waals surface area contributed by atoms with Crippen molar-refractivity contribution in [1.82, 2.24) is 9.78 Å². The Bertz CT molecular complexity index is 667. The molecule has 106 valence electrons. The normalized spacial score (nSPS) is 10.6. The predicted molar refractivity (Wildman–Crippen MR) is 73.6 cm³/mol. The van der Waals surface area contributed by atoms with E-state index in [1.807, 2.05) is 6.92 Å². The third-order valence-corrected chi connectivity index (χ3v) is 2.88. The SMILES string of the molecule is CCc1nn(C)cc1Nc1cc(C(=O)O)c(N)cc1F. The monoisotopic (exact) mass is 278 g/mol. The van der Waals surface area contributed by atoms with Crippen molar-refractivity contribution < 1.29 is 14.3 Å². The van der Waals surface area contributed by atoms with Crippen LogP contribution in [0.2, 0.25) is 0 Å². The molecule has 0 bridgehead atoms. The van der Waals surface area contributed by atoms with Crippen molar-refractivity contribution in [3.05, 3.63) is 35.4 Å². The minimum atomic E-state index is -1.20. The minimum absolute atomic E-state index is 0.0549. The van der Waals surface area contributed by atoms with Gasteiger partial charge in [0.25, 0.3) is 0 Å². The van der Waals surface area contributed by atoms with Gasteiger partial charge in [-0.05, 0) is 18.6 Å². The van der Waals surface area contributed by atoms with Crippen molar-refractivity contribution >= 4 is 23.0 Å². The molecule has 0 aliphatic carbocycles. The van der Waals surface area contributed by atoms with E-state index in [2.05, 4.69) is 10.4 Å². The van der Waals surface area contributed by atoms with Gasteiger partial charge >= 0.3 is 5.97 Å². The van der Waals surface area contributed by atoms with Gasteiger partial charge in [0.05, 0.1) is 22.6 Å². The van der Waals surface area contributed by atoms with Crippen LogP contribution in [-0.2, 0) is 13.5 Å². The number of rotatable bonds is 4. The number of nitrogen functional groups attached to an aromatic ring is 1. The number of hydrogen-bond donors (Lipinski definition) is 3. The number of carboxylic acids is 1. The quantitative estimate of drug-likeness (QED) is 0.745. The summed E-state index contributed by atoms with van der Waals surface area (Å²) >= 11 is 0. The number of anilines is 3. The highest BCUT2D eigenvalue weighted by Crippen LogP contribution is 2.27. The molecule has 0 spiro atoms. The lowest BCUT2D eigenvalue weighted by molar-refractivity contribution is 0.0698. The molecule has 0 amide bonds. The molecule has 0 unspecified atom stereocenters. The van der Waals surface area contributed by atoms with Crippen LogP contribution in [0.25, 0.3) is 0 Å². The third kappa shape index (κ3) is 2.56. The Morgan fingerprint density at radius 2 is 2.20 bits per heavy atom. The topological polar surface area (TPSA) is 93.2 Å². The molecule has 1 aromatic heterocycles. The van der Waals surface area contributed by atoms with Gasteiger partial charge in [-0.15, -0.1) is 0 Å². The summed E-state index contributed by atoms with van der Waals surface area (Å²) in [5.74, 6) is -1.81. The summed E-state index contributed by atoms with van der Waals surface area (Å²) in [7, 11) is 1.76. The fourth-order valence-electron chi connectivity index (χ4n) is 1.91. The Hall–Kier alpha value is -2.57. The smallest absolute Gasteiger partial charge is 0.337 e. The number of aromatic nitrogens is 2. The van der Waals surface area contributed by atoms with E-state index in [0.717, 1.165) is 11.8 Å². The maximum absolute atomic E-state index is 13.9. The molecule has 0 atom stereocenters. The Morgan fingerprint density at radius 3 is 2.80 bits per heavy atom. The highest BCUT2D eigenvalue weighted by atomic mass is 19.1. The van der Waals surface area contributed by atoms with Gasteiger partial charge in [-0.3, -0.25) is 4.68 Å². The Labute approximate surface area is 115 Å². The van der Waals surface area contributed by atoms with E-state index in [0.29, 0.717) is 12.1 Å². The number of nitrogens with zero attached hydrogens (tertiary/aromatic N) is 2. The van der Waals surface area contributed by atoms with Crippen LogP contribution in [0.5, 0.6) is 0 Å². The van der Waals surface area contributed by atoms with Gasteiger partial charge in [-0.2, -0.15) is 5.10 Å². The maximum Gasteiger partial charge on any atom is 0.337 e. The van der Waals surface area contributed by atoms with E-state index in [-0.39, 0.29) is 16.9 Å². The molecular weight excluding hydrogens is 263 g/mol. The number of aromatic carboxylic acids is 1. The van der Waals surface area contributed by atoms with Crippen LogP contribution >= 0.6 is 0 Å². The summed E-state index contributed by atoms with van der Waals surface area (Å²) in [6, 6.07) is 2.17. The van der Waals surface area contributed by atoms with Crippen LogP contribution in [-0.4, -0.2) is 20.9 Å². The third-order valence-electron chi connectivity index (χ3n) is 2.88. The number of nitrogens with two attached hydrogens (primary N) is 1. The van der Waals surface area contributed by atoms with Gasteiger partial charge in [0, 0.05) is 18.9 Å². The van der Waals surface area contributed by atoms with E-state index in [1.165, 1.54) is 6.07 Å². The first-order valence-corrected chi connectivity index (χ1v) is 6.04. The average Bonchev–Trinajstić information content (AvgIpc) is 2.72. The van der Waals surface area contributed by atoms with E-state index in [4.69, 9.17) is 10.8 Å². The lowest BCUT2D eigenvalue weighted by Crippen LogP contribution is -2.05. The molecule has 1 heterocycles. The molecule has 6 nitrogen and oxygen atoms in total. The lowest BCUT2D eigenvalue weighted by Gasteiger charge is -2.09. The van der Waals surface area contributed by atoms with Gasteiger partial charge in [0.15, 0.2) is 0 Å². The van der Waals surface area contributed by atoms with Crippen molar-refractivity contribution in [3.63, 3.8) is 0 Å². The first-order chi connectivity index (χ1) is 9.42. The molecule has 7 heteroatoms. The molecule has 0 aliphatic heterocycles. The number of carboxylic acid groups (broad SMARTS) is 1. The maximum atomic E-state index is 13.9. The van der Waals surface area contributed by atoms with Gasteiger partial charge in [-0.1, -0.05) is 6.92 Å². The summed E-state index contributed by atoms with van der Waals surface area (Å²) < 4.78 is 15.5. The zero-order valence-electron chi connectivity index (χ0n) is 11.1. The second-order valence-corrected chi connectivity index (χ2v) is 4.37. The average molecular weight is 278 g/mol. The minimum Gasteiger partial charge on any atom is -0.478 e. The van der Waals surface area contributed by atoms with Gasteiger partial charge in [0.1, 0.15) is 5.82 Å². The summed E-state index contributed by atoms with van der Waals surface area (Å²) in [5.41, 5.74) is 6.68. The number of carbonyl (C=O) groups is 1. The van der Waals surface area contributed by atoms with Gasteiger partial charge in [-0.25, -0.2) is 9.18 Å².